The number of fused-ring (bicyclic) bond motifs is 1. The lowest BCUT2D eigenvalue weighted by Crippen LogP contribution is -2.29. The normalized spacial score (nSPS) is 12.2. The Morgan fingerprint density at radius 1 is 1.27 bits per heavy atom. The molecule has 0 aliphatic carbocycles. The summed E-state index contributed by atoms with van der Waals surface area (Å²) in [5.41, 5.74) is 0.337. The number of benzene rings is 1. The quantitative estimate of drug-likeness (QED) is 0.719. The van der Waals surface area contributed by atoms with Crippen LogP contribution in [0.3, 0.4) is 0 Å². The van der Waals surface area contributed by atoms with E-state index in [1.165, 1.54) is 12.1 Å². The highest BCUT2D eigenvalue weighted by atomic mass is 19.4. The van der Waals surface area contributed by atoms with Gasteiger partial charge in [0, 0.05) is 0 Å². The van der Waals surface area contributed by atoms with Crippen LogP contribution in [0, 0.1) is 0 Å². The van der Waals surface area contributed by atoms with Gasteiger partial charge >= 0.3 is 12.7 Å². The minimum atomic E-state index is -5.05. The molecule has 7 heteroatoms. The lowest BCUT2D eigenvalue weighted by atomic mass is 9.92. The van der Waals surface area contributed by atoms with Gasteiger partial charge in [-0.05, 0) is 18.6 Å². The summed E-state index contributed by atoms with van der Waals surface area (Å²) in [4.78, 5) is 11.1. The molecule has 0 spiro atoms. The molecular formula is C8H6BF3NO2-. The molecule has 1 aromatic heterocycles. The Hall–Kier alpha value is -1.66. The van der Waals surface area contributed by atoms with Crippen LogP contribution in [0.1, 0.15) is 0 Å². The number of aromatic nitrogens is 1. The Balaban J connectivity index is 2.60. The van der Waals surface area contributed by atoms with Crippen molar-refractivity contribution in [3.05, 3.63) is 34.8 Å². The summed E-state index contributed by atoms with van der Waals surface area (Å²) in [6.07, 6.45) is -1.27. The van der Waals surface area contributed by atoms with Crippen molar-refractivity contribution in [1.82, 2.24) is 4.57 Å². The van der Waals surface area contributed by atoms with Gasteiger partial charge < -0.3 is 21.9 Å². The van der Waals surface area contributed by atoms with Crippen LogP contribution in [0.2, 0.25) is 0 Å². The SMILES string of the molecule is O=c1oc2ccccc2n1C[B-](F)(F)F. The molecule has 0 bridgehead atoms. The van der Waals surface area contributed by atoms with Crippen molar-refractivity contribution in [2.45, 2.75) is 6.44 Å². The second kappa shape index (κ2) is 3.18. The van der Waals surface area contributed by atoms with Crippen LogP contribution in [-0.4, -0.2) is 11.5 Å². The van der Waals surface area contributed by atoms with Gasteiger partial charge in [0.1, 0.15) is 0 Å². The fourth-order valence-corrected chi connectivity index (χ4v) is 1.39. The second-order valence-electron chi connectivity index (χ2n) is 3.16. The van der Waals surface area contributed by atoms with Gasteiger partial charge in [0.05, 0.1) is 5.52 Å². The number of oxazole rings is 1. The van der Waals surface area contributed by atoms with Crippen molar-refractivity contribution in [1.29, 1.82) is 0 Å². The summed E-state index contributed by atoms with van der Waals surface area (Å²) in [5.74, 6) is -0.976. The van der Waals surface area contributed by atoms with E-state index in [0.29, 0.717) is 4.57 Å². The Kier molecular flexibility index (Phi) is 2.10. The van der Waals surface area contributed by atoms with Gasteiger partial charge in [-0.25, -0.2) is 4.79 Å². The van der Waals surface area contributed by atoms with Gasteiger partial charge in [-0.3, -0.25) is 0 Å². The van der Waals surface area contributed by atoms with Crippen LogP contribution in [0.4, 0.5) is 12.9 Å². The predicted octanol–water partition coefficient (Wildman–Crippen LogP) is 1.98. The van der Waals surface area contributed by atoms with Crippen LogP contribution in [0.15, 0.2) is 33.5 Å². The molecular weight excluding hydrogens is 210 g/mol. The Labute approximate surface area is 82.2 Å². The summed E-state index contributed by atoms with van der Waals surface area (Å²) in [5, 5.41) is 0. The van der Waals surface area contributed by atoms with E-state index in [-0.39, 0.29) is 11.1 Å². The third-order valence-electron chi connectivity index (χ3n) is 1.96. The molecule has 2 rings (SSSR count). The van der Waals surface area contributed by atoms with Crippen molar-refractivity contribution < 1.29 is 17.4 Å². The molecule has 0 saturated carbocycles. The average molecular weight is 216 g/mol. The standard InChI is InChI=1S/C8H6BF3NO2/c10-9(11,12)5-13-6-3-1-2-4-7(6)15-8(13)14/h1-4H,5H2/q-1. The first kappa shape index (κ1) is 9.88. The van der Waals surface area contributed by atoms with E-state index in [4.69, 9.17) is 0 Å². The van der Waals surface area contributed by atoms with Crippen molar-refractivity contribution >= 4 is 18.1 Å². The molecule has 0 amide bonds. The molecule has 0 unspecified atom stereocenters. The Morgan fingerprint density at radius 3 is 2.60 bits per heavy atom. The van der Waals surface area contributed by atoms with E-state index >= 15 is 0 Å². The molecule has 0 saturated heterocycles. The summed E-state index contributed by atoms with van der Waals surface area (Å²) in [7, 11) is 0. The van der Waals surface area contributed by atoms with E-state index in [0.717, 1.165) is 0 Å². The zero-order chi connectivity index (χ0) is 11.1. The number of hydrogen-bond acceptors (Lipinski definition) is 2. The van der Waals surface area contributed by atoms with E-state index in [2.05, 4.69) is 4.42 Å². The highest BCUT2D eigenvalue weighted by Gasteiger charge is 2.26. The first-order valence-corrected chi connectivity index (χ1v) is 4.27. The van der Waals surface area contributed by atoms with Crippen LogP contribution >= 0.6 is 0 Å². The number of halogens is 3. The first-order chi connectivity index (χ1) is 6.97. The van der Waals surface area contributed by atoms with Gasteiger partial charge in [0.25, 0.3) is 0 Å². The van der Waals surface area contributed by atoms with Crippen molar-refractivity contribution in [3.63, 3.8) is 0 Å². The molecule has 0 atom stereocenters. The molecule has 0 N–H and O–H groups in total. The summed E-state index contributed by atoms with van der Waals surface area (Å²) < 4.78 is 41.8. The minimum Gasteiger partial charge on any atom is -0.448 e. The first-order valence-electron chi connectivity index (χ1n) is 4.27. The minimum absolute atomic E-state index is 0.168. The van der Waals surface area contributed by atoms with Crippen LogP contribution in [0.5, 0.6) is 0 Å². The molecule has 0 aliphatic rings. The average Bonchev–Trinajstić information content (AvgIpc) is 2.41. The number of rotatable bonds is 2. The Morgan fingerprint density at radius 2 is 1.93 bits per heavy atom. The van der Waals surface area contributed by atoms with Crippen molar-refractivity contribution in [2.75, 3.05) is 0 Å². The molecule has 15 heavy (non-hydrogen) atoms. The maximum atomic E-state index is 12.2. The van der Waals surface area contributed by atoms with Gasteiger partial charge in [0.15, 0.2) is 5.58 Å². The molecule has 0 radical (unpaired) electrons. The monoisotopic (exact) mass is 216 g/mol. The predicted molar refractivity (Wildman–Crippen MR) is 49.6 cm³/mol. The smallest absolute Gasteiger partial charge is 0.448 e. The lowest BCUT2D eigenvalue weighted by molar-refractivity contribution is 0.432. The largest absolute Gasteiger partial charge is 0.497 e. The topological polar surface area (TPSA) is 35.1 Å². The third-order valence-corrected chi connectivity index (χ3v) is 1.96. The highest BCUT2D eigenvalue weighted by Crippen LogP contribution is 2.16. The maximum absolute atomic E-state index is 12.2. The molecule has 80 valence electrons. The second-order valence-corrected chi connectivity index (χ2v) is 3.16. The molecule has 2 aromatic rings. The summed E-state index contributed by atoms with van der Waals surface area (Å²) in [6, 6.07) is 6.02. The fraction of sp³-hybridized carbons (Fsp3) is 0.125. The van der Waals surface area contributed by atoms with E-state index in [9.17, 15) is 17.7 Å². The van der Waals surface area contributed by atoms with Gasteiger partial charge in [-0.2, -0.15) is 0 Å². The van der Waals surface area contributed by atoms with Gasteiger partial charge in [0.2, 0.25) is 0 Å². The van der Waals surface area contributed by atoms with Crippen molar-refractivity contribution in [2.24, 2.45) is 0 Å². The van der Waals surface area contributed by atoms with Crippen LogP contribution in [-0.2, 0) is 6.44 Å². The Bertz CT molecular complexity index is 543. The van der Waals surface area contributed by atoms with Crippen molar-refractivity contribution in [3.8, 4) is 0 Å². The number of para-hydroxylation sites is 2. The van der Waals surface area contributed by atoms with Gasteiger partial charge in [-0.1, -0.05) is 12.1 Å². The van der Waals surface area contributed by atoms with E-state index in [1.807, 2.05) is 0 Å². The highest BCUT2D eigenvalue weighted by molar-refractivity contribution is 6.57. The van der Waals surface area contributed by atoms with E-state index < -0.39 is 19.2 Å². The lowest BCUT2D eigenvalue weighted by Gasteiger charge is -2.13. The molecule has 3 nitrogen and oxygen atoms in total. The summed E-state index contributed by atoms with van der Waals surface area (Å²) >= 11 is 0. The molecule has 0 aliphatic heterocycles. The fourth-order valence-electron chi connectivity index (χ4n) is 1.39. The molecule has 0 fully saturated rings. The molecule has 1 heterocycles. The zero-order valence-electron chi connectivity index (χ0n) is 7.49. The third kappa shape index (κ3) is 1.90. The van der Waals surface area contributed by atoms with E-state index in [1.54, 1.807) is 12.1 Å². The summed E-state index contributed by atoms with van der Waals surface area (Å²) in [6.45, 7) is -5.05. The van der Waals surface area contributed by atoms with Crippen LogP contribution in [0.25, 0.3) is 11.1 Å². The number of hydrogen-bond donors (Lipinski definition) is 0. The van der Waals surface area contributed by atoms with Crippen LogP contribution < -0.4 is 5.76 Å². The van der Waals surface area contributed by atoms with Gasteiger partial charge in [-0.15, -0.1) is 0 Å². The number of nitrogens with zero attached hydrogens (tertiary/aromatic N) is 1. The maximum Gasteiger partial charge on any atom is 0.497 e. The zero-order valence-corrected chi connectivity index (χ0v) is 7.49. The molecule has 1 aromatic carbocycles.